The van der Waals surface area contributed by atoms with Crippen molar-refractivity contribution < 1.29 is 0 Å². The average Bonchev–Trinajstić information content (AvgIpc) is 3.22. The monoisotopic (exact) mass is 388 g/mol. The molecule has 1 aliphatic rings. The molecule has 1 fully saturated rings. The second-order valence-corrected chi connectivity index (χ2v) is 7.35. The highest BCUT2D eigenvalue weighted by Gasteiger charge is 2.32. The van der Waals surface area contributed by atoms with Gasteiger partial charge in [0.15, 0.2) is 5.65 Å². The number of hydrogen-bond donors (Lipinski definition) is 0. The predicted molar refractivity (Wildman–Crippen MR) is 111 cm³/mol. The van der Waals surface area contributed by atoms with Crippen molar-refractivity contribution in [3.05, 3.63) is 69.1 Å². The van der Waals surface area contributed by atoms with Crippen molar-refractivity contribution >= 4 is 27.9 Å². The van der Waals surface area contributed by atoms with Gasteiger partial charge in [-0.1, -0.05) is 12.1 Å². The highest BCUT2D eigenvalue weighted by molar-refractivity contribution is 5.77. The van der Waals surface area contributed by atoms with Gasteiger partial charge in [-0.3, -0.25) is 18.7 Å². The van der Waals surface area contributed by atoms with Gasteiger partial charge in [0.05, 0.1) is 22.3 Å². The maximum Gasteiger partial charge on any atom is 0.264 e. The second-order valence-electron chi connectivity index (χ2n) is 7.35. The molecule has 0 spiro atoms. The average molecular weight is 388 g/mol. The fourth-order valence-electron chi connectivity index (χ4n) is 4.16. The first kappa shape index (κ1) is 17.5. The summed E-state index contributed by atoms with van der Waals surface area (Å²) in [7, 11) is 3.47. The molecule has 0 radical (unpaired) electrons. The molecule has 4 aromatic rings. The SMILES string of the molecule is Cn1c(C2CCCN2c2nc3ncccc3c(=O)n2C)nc2ccccc2c1=O. The molecule has 3 aromatic heterocycles. The maximum atomic E-state index is 12.9. The number of aromatic nitrogens is 5. The zero-order valence-corrected chi connectivity index (χ0v) is 16.2. The van der Waals surface area contributed by atoms with Gasteiger partial charge in [0.1, 0.15) is 5.82 Å². The van der Waals surface area contributed by atoms with Gasteiger partial charge in [-0.25, -0.2) is 9.97 Å². The first-order valence-corrected chi connectivity index (χ1v) is 9.60. The summed E-state index contributed by atoms with van der Waals surface area (Å²) in [6.45, 7) is 0.728. The van der Waals surface area contributed by atoms with E-state index in [1.54, 1.807) is 47.6 Å². The first-order chi connectivity index (χ1) is 14.1. The highest BCUT2D eigenvalue weighted by Crippen LogP contribution is 2.34. The van der Waals surface area contributed by atoms with Crippen molar-refractivity contribution in [1.29, 1.82) is 0 Å². The Morgan fingerprint density at radius 2 is 1.69 bits per heavy atom. The van der Waals surface area contributed by atoms with Crippen molar-refractivity contribution in [2.24, 2.45) is 14.1 Å². The van der Waals surface area contributed by atoms with Crippen molar-refractivity contribution in [3.8, 4) is 0 Å². The summed E-state index contributed by atoms with van der Waals surface area (Å²) >= 11 is 0. The van der Waals surface area contributed by atoms with Crippen LogP contribution in [0.3, 0.4) is 0 Å². The Hall–Kier alpha value is -3.55. The van der Waals surface area contributed by atoms with E-state index in [9.17, 15) is 9.59 Å². The van der Waals surface area contributed by atoms with E-state index in [1.807, 2.05) is 18.2 Å². The number of hydrogen-bond acceptors (Lipinski definition) is 6. The quantitative estimate of drug-likeness (QED) is 0.522. The van der Waals surface area contributed by atoms with Gasteiger partial charge in [0, 0.05) is 26.8 Å². The number of benzene rings is 1. The van der Waals surface area contributed by atoms with Gasteiger partial charge in [-0.15, -0.1) is 0 Å². The zero-order valence-electron chi connectivity index (χ0n) is 16.2. The number of pyridine rings is 1. The maximum absolute atomic E-state index is 12.9. The van der Waals surface area contributed by atoms with Gasteiger partial charge in [-0.05, 0) is 37.1 Å². The molecule has 1 atom stereocenters. The van der Waals surface area contributed by atoms with Crippen LogP contribution in [0.25, 0.3) is 21.9 Å². The van der Waals surface area contributed by atoms with Crippen LogP contribution in [0.4, 0.5) is 5.95 Å². The number of fused-ring (bicyclic) bond motifs is 2. The summed E-state index contributed by atoms with van der Waals surface area (Å²) in [5.74, 6) is 1.23. The van der Waals surface area contributed by atoms with Crippen LogP contribution in [0, 0.1) is 0 Å². The third-order valence-corrected chi connectivity index (χ3v) is 5.65. The largest absolute Gasteiger partial charge is 0.332 e. The van der Waals surface area contributed by atoms with Crippen LogP contribution in [0.5, 0.6) is 0 Å². The molecular formula is C21H20N6O2. The minimum Gasteiger partial charge on any atom is -0.332 e. The molecule has 8 heteroatoms. The molecule has 0 amide bonds. The molecule has 0 N–H and O–H groups in total. The molecule has 29 heavy (non-hydrogen) atoms. The summed E-state index contributed by atoms with van der Waals surface area (Å²) in [6.07, 6.45) is 3.38. The highest BCUT2D eigenvalue weighted by atomic mass is 16.1. The molecule has 4 heterocycles. The molecule has 8 nitrogen and oxygen atoms in total. The van der Waals surface area contributed by atoms with Gasteiger partial charge in [-0.2, -0.15) is 4.98 Å². The molecule has 1 saturated heterocycles. The Labute approximate surface area is 166 Å². The molecule has 1 aromatic carbocycles. The molecule has 0 aliphatic carbocycles. The van der Waals surface area contributed by atoms with Gasteiger partial charge < -0.3 is 4.90 Å². The lowest BCUT2D eigenvalue weighted by atomic mass is 10.1. The molecule has 146 valence electrons. The third-order valence-electron chi connectivity index (χ3n) is 5.65. The van der Waals surface area contributed by atoms with E-state index in [-0.39, 0.29) is 17.2 Å². The zero-order chi connectivity index (χ0) is 20.1. The minimum absolute atomic E-state index is 0.0699. The van der Waals surface area contributed by atoms with Gasteiger partial charge in [0.2, 0.25) is 5.95 Å². The van der Waals surface area contributed by atoms with Crippen LogP contribution >= 0.6 is 0 Å². The topological polar surface area (TPSA) is 85.9 Å². The molecule has 1 unspecified atom stereocenters. The molecular weight excluding hydrogens is 368 g/mol. The Balaban J connectivity index is 1.69. The number of para-hydroxylation sites is 1. The minimum atomic E-state index is -0.142. The Morgan fingerprint density at radius 1 is 0.931 bits per heavy atom. The summed E-state index contributed by atoms with van der Waals surface area (Å²) in [5, 5.41) is 1.09. The van der Waals surface area contributed by atoms with E-state index in [4.69, 9.17) is 4.98 Å². The third kappa shape index (κ3) is 2.63. The van der Waals surface area contributed by atoms with Crippen LogP contribution in [-0.2, 0) is 14.1 Å². The number of rotatable bonds is 2. The molecule has 0 saturated carbocycles. The lowest BCUT2D eigenvalue weighted by Crippen LogP contribution is -2.35. The van der Waals surface area contributed by atoms with E-state index < -0.39 is 0 Å². The lowest BCUT2D eigenvalue weighted by Gasteiger charge is -2.27. The van der Waals surface area contributed by atoms with Crippen molar-refractivity contribution in [3.63, 3.8) is 0 Å². The Morgan fingerprint density at radius 3 is 2.55 bits per heavy atom. The smallest absolute Gasteiger partial charge is 0.264 e. The standard InChI is InChI=1S/C21H20N6O2/c1-25-18(23-15-9-4-3-7-13(15)19(25)28)16-10-6-12-27(16)21-24-17-14(8-5-11-22-17)20(29)26(21)2/h3-5,7-9,11,16H,6,10,12H2,1-2H3. The number of nitrogens with zero attached hydrogens (tertiary/aromatic N) is 6. The molecule has 5 rings (SSSR count). The van der Waals surface area contributed by atoms with E-state index in [0.29, 0.717) is 33.7 Å². The first-order valence-electron chi connectivity index (χ1n) is 9.60. The predicted octanol–water partition coefficient (Wildman–Crippen LogP) is 1.92. The second kappa shape index (κ2) is 6.51. The van der Waals surface area contributed by atoms with E-state index in [2.05, 4.69) is 14.9 Å². The summed E-state index contributed by atoms with van der Waals surface area (Å²) in [4.78, 5) is 41.5. The summed E-state index contributed by atoms with van der Waals surface area (Å²) < 4.78 is 3.17. The normalized spacial score (nSPS) is 16.8. The molecule has 0 bridgehead atoms. The Kier molecular flexibility index (Phi) is 3.94. The van der Waals surface area contributed by atoms with Crippen LogP contribution in [-0.4, -0.2) is 30.6 Å². The molecule has 1 aliphatic heterocycles. The Bertz CT molecular complexity index is 1270. The summed E-state index contributed by atoms with van der Waals surface area (Å²) in [6, 6.07) is 10.7. The van der Waals surface area contributed by atoms with Crippen molar-refractivity contribution in [2.75, 3.05) is 11.4 Å². The van der Waals surface area contributed by atoms with Crippen LogP contribution in [0.1, 0.15) is 24.7 Å². The van der Waals surface area contributed by atoms with E-state index in [0.717, 1.165) is 19.4 Å². The van der Waals surface area contributed by atoms with Gasteiger partial charge >= 0.3 is 0 Å². The van der Waals surface area contributed by atoms with Crippen LogP contribution in [0.2, 0.25) is 0 Å². The van der Waals surface area contributed by atoms with Crippen LogP contribution < -0.4 is 16.0 Å². The van der Waals surface area contributed by atoms with Crippen molar-refractivity contribution in [1.82, 2.24) is 24.1 Å². The number of anilines is 1. The van der Waals surface area contributed by atoms with Crippen LogP contribution in [0.15, 0.2) is 52.2 Å². The van der Waals surface area contributed by atoms with E-state index >= 15 is 0 Å². The fraction of sp³-hybridized carbons (Fsp3) is 0.286. The summed E-state index contributed by atoms with van der Waals surface area (Å²) in [5.41, 5.74) is 0.902. The lowest BCUT2D eigenvalue weighted by molar-refractivity contribution is 0.593. The van der Waals surface area contributed by atoms with Crippen molar-refractivity contribution in [2.45, 2.75) is 18.9 Å². The van der Waals surface area contributed by atoms with Gasteiger partial charge in [0.25, 0.3) is 11.1 Å². The van der Waals surface area contributed by atoms with E-state index in [1.165, 1.54) is 0 Å². The fourth-order valence-corrected chi connectivity index (χ4v) is 4.16.